The van der Waals surface area contributed by atoms with Crippen molar-refractivity contribution in [3.8, 4) is 22.6 Å². The summed E-state index contributed by atoms with van der Waals surface area (Å²) in [7, 11) is 0. The van der Waals surface area contributed by atoms with Crippen LogP contribution >= 0.6 is 0 Å². The van der Waals surface area contributed by atoms with Gasteiger partial charge in [0.05, 0.1) is 23.7 Å². The van der Waals surface area contributed by atoms with Crippen molar-refractivity contribution < 1.29 is 13.6 Å². The predicted molar refractivity (Wildman–Crippen MR) is 91.7 cm³/mol. The van der Waals surface area contributed by atoms with Crippen LogP contribution in [0.15, 0.2) is 94.2 Å². The topological polar surface area (TPSA) is 43.4 Å². The van der Waals surface area contributed by atoms with Gasteiger partial charge in [0.15, 0.2) is 0 Å². The van der Waals surface area contributed by atoms with Gasteiger partial charge in [-0.3, -0.25) is 4.79 Å². The number of hydrogen-bond acceptors (Lipinski definition) is 3. The van der Waals surface area contributed by atoms with Crippen molar-refractivity contribution in [1.29, 1.82) is 0 Å². The second-order valence-corrected chi connectivity index (χ2v) is 5.39. The second-order valence-electron chi connectivity index (χ2n) is 5.39. The molecule has 0 aliphatic rings. The van der Waals surface area contributed by atoms with Gasteiger partial charge in [-0.05, 0) is 12.1 Å². The van der Waals surface area contributed by atoms with Gasteiger partial charge in [0.2, 0.25) is 5.78 Å². The zero-order chi connectivity index (χ0) is 16.4. The molecule has 0 fully saturated rings. The lowest BCUT2D eigenvalue weighted by atomic mass is 9.99. The number of carbonyl (C=O) groups excluding carboxylic acids is 1. The van der Waals surface area contributed by atoms with Crippen LogP contribution in [0.3, 0.4) is 0 Å². The van der Waals surface area contributed by atoms with E-state index >= 15 is 0 Å². The highest BCUT2D eigenvalue weighted by molar-refractivity contribution is 6.14. The first-order valence-corrected chi connectivity index (χ1v) is 7.65. The van der Waals surface area contributed by atoms with Crippen LogP contribution < -0.4 is 0 Å². The third kappa shape index (κ3) is 2.46. The molecule has 24 heavy (non-hydrogen) atoms. The summed E-state index contributed by atoms with van der Waals surface area (Å²) in [5.74, 6) is 1.02. The number of benzene rings is 2. The highest BCUT2D eigenvalue weighted by Gasteiger charge is 2.22. The minimum Gasteiger partial charge on any atom is -0.464 e. The fourth-order valence-corrected chi connectivity index (χ4v) is 2.75. The second kappa shape index (κ2) is 6.05. The fraction of sp³-hybridized carbons (Fsp3) is 0. The Morgan fingerprint density at radius 3 is 1.42 bits per heavy atom. The van der Waals surface area contributed by atoms with Crippen LogP contribution in [0, 0.1) is 0 Å². The van der Waals surface area contributed by atoms with E-state index in [9.17, 15) is 4.79 Å². The molecule has 0 saturated heterocycles. The Balaban J connectivity index is 1.78. The minimum atomic E-state index is -0.116. The standard InChI is InChI=1S/C21H14O3/c22-19(17-11-13-23-20(17)15-7-3-1-4-8-15)18-12-14-24-21(18)16-9-5-2-6-10-16/h1-14H. The van der Waals surface area contributed by atoms with Gasteiger partial charge < -0.3 is 8.83 Å². The molecule has 0 spiro atoms. The van der Waals surface area contributed by atoms with E-state index in [1.165, 1.54) is 12.5 Å². The molecule has 4 aromatic rings. The van der Waals surface area contributed by atoms with Crippen LogP contribution in [0.2, 0.25) is 0 Å². The smallest absolute Gasteiger partial charge is 0.200 e. The maximum Gasteiger partial charge on any atom is 0.200 e. The van der Waals surface area contributed by atoms with Gasteiger partial charge in [-0.15, -0.1) is 0 Å². The molecule has 2 aromatic heterocycles. The highest BCUT2D eigenvalue weighted by atomic mass is 16.3. The Bertz CT molecular complexity index is 883. The molecule has 0 atom stereocenters. The lowest BCUT2D eigenvalue weighted by molar-refractivity contribution is 0.103. The Hall–Kier alpha value is -3.33. The summed E-state index contributed by atoms with van der Waals surface area (Å²) in [6, 6.07) is 22.6. The van der Waals surface area contributed by atoms with E-state index in [-0.39, 0.29) is 5.78 Å². The van der Waals surface area contributed by atoms with E-state index in [1.807, 2.05) is 60.7 Å². The quantitative estimate of drug-likeness (QED) is 0.471. The van der Waals surface area contributed by atoms with Crippen LogP contribution in [0.4, 0.5) is 0 Å². The molecule has 0 amide bonds. The maximum absolute atomic E-state index is 13.0. The first-order valence-electron chi connectivity index (χ1n) is 7.65. The van der Waals surface area contributed by atoms with Crippen molar-refractivity contribution in [2.45, 2.75) is 0 Å². The summed E-state index contributed by atoms with van der Waals surface area (Å²) in [5.41, 5.74) is 2.80. The van der Waals surface area contributed by atoms with Crippen LogP contribution in [-0.2, 0) is 0 Å². The summed E-state index contributed by atoms with van der Waals surface area (Å²) >= 11 is 0. The molecule has 0 unspecified atom stereocenters. The predicted octanol–water partition coefficient (Wildman–Crippen LogP) is 5.44. The van der Waals surface area contributed by atoms with E-state index < -0.39 is 0 Å². The third-order valence-corrected chi connectivity index (χ3v) is 3.89. The van der Waals surface area contributed by atoms with Gasteiger partial charge in [0.1, 0.15) is 11.5 Å². The van der Waals surface area contributed by atoms with Crippen LogP contribution in [0.5, 0.6) is 0 Å². The van der Waals surface area contributed by atoms with Gasteiger partial charge >= 0.3 is 0 Å². The lowest BCUT2D eigenvalue weighted by Crippen LogP contribution is -2.01. The van der Waals surface area contributed by atoms with Gasteiger partial charge in [0.25, 0.3) is 0 Å². The molecule has 0 aliphatic heterocycles. The first-order chi connectivity index (χ1) is 11.8. The Labute approximate surface area is 139 Å². The van der Waals surface area contributed by atoms with E-state index in [0.717, 1.165) is 11.1 Å². The van der Waals surface area contributed by atoms with Crippen molar-refractivity contribution in [2.24, 2.45) is 0 Å². The number of rotatable bonds is 4. The normalized spacial score (nSPS) is 10.7. The molecule has 0 N–H and O–H groups in total. The number of furan rings is 2. The van der Waals surface area contributed by atoms with Gasteiger partial charge in [0, 0.05) is 11.1 Å². The van der Waals surface area contributed by atoms with Crippen LogP contribution in [0.25, 0.3) is 22.6 Å². The Morgan fingerprint density at radius 1 is 0.583 bits per heavy atom. The van der Waals surface area contributed by atoms with Crippen molar-refractivity contribution >= 4 is 5.78 Å². The SMILES string of the molecule is O=C(c1ccoc1-c1ccccc1)c1ccoc1-c1ccccc1. The minimum absolute atomic E-state index is 0.116. The molecule has 4 rings (SSSR count). The van der Waals surface area contributed by atoms with Crippen LogP contribution in [0.1, 0.15) is 15.9 Å². The van der Waals surface area contributed by atoms with Gasteiger partial charge in [-0.1, -0.05) is 60.7 Å². The Morgan fingerprint density at radius 2 is 1.00 bits per heavy atom. The van der Waals surface area contributed by atoms with E-state index in [1.54, 1.807) is 12.1 Å². The van der Waals surface area contributed by atoms with E-state index in [0.29, 0.717) is 22.6 Å². The molecule has 0 bridgehead atoms. The number of carbonyl (C=O) groups is 1. The molecule has 2 heterocycles. The van der Waals surface area contributed by atoms with Gasteiger partial charge in [-0.25, -0.2) is 0 Å². The first kappa shape index (κ1) is 14.3. The monoisotopic (exact) mass is 314 g/mol. The average Bonchev–Trinajstić information content (AvgIpc) is 3.32. The zero-order valence-electron chi connectivity index (χ0n) is 12.8. The number of hydrogen-bond donors (Lipinski definition) is 0. The molecule has 3 nitrogen and oxygen atoms in total. The largest absolute Gasteiger partial charge is 0.464 e. The summed E-state index contributed by atoms with van der Waals surface area (Å²) in [4.78, 5) is 13.0. The summed E-state index contributed by atoms with van der Waals surface area (Å²) in [6.07, 6.45) is 3.08. The van der Waals surface area contributed by atoms with Crippen molar-refractivity contribution in [3.05, 3.63) is 96.4 Å². The molecule has 3 heteroatoms. The molecule has 0 saturated carbocycles. The van der Waals surface area contributed by atoms with Crippen LogP contribution in [-0.4, -0.2) is 5.78 Å². The van der Waals surface area contributed by atoms with E-state index in [4.69, 9.17) is 8.83 Å². The van der Waals surface area contributed by atoms with Crippen molar-refractivity contribution in [1.82, 2.24) is 0 Å². The molecular formula is C21H14O3. The molecule has 116 valence electrons. The Kier molecular flexibility index (Phi) is 3.60. The molecule has 0 aliphatic carbocycles. The zero-order valence-corrected chi connectivity index (χ0v) is 12.8. The molecular weight excluding hydrogens is 300 g/mol. The van der Waals surface area contributed by atoms with Gasteiger partial charge in [-0.2, -0.15) is 0 Å². The molecule has 0 radical (unpaired) electrons. The maximum atomic E-state index is 13.0. The van der Waals surface area contributed by atoms with Crippen molar-refractivity contribution in [3.63, 3.8) is 0 Å². The average molecular weight is 314 g/mol. The van der Waals surface area contributed by atoms with E-state index in [2.05, 4.69) is 0 Å². The highest BCUT2D eigenvalue weighted by Crippen LogP contribution is 2.31. The summed E-state index contributed by atoms with van der Waals surface area (Å²) in [6.45, 7) is 0. The molecule has 2 aromatic carbocycles. The number of ketones is 1. The summed E-state index contributed by atoms with van der Waals surface area (Å²) in [5, 5.41) is 0. The van der Waals surface area contributed by atoms with Crippen molar-refractivity contribution in [2.75, 3.05) is 0 Å². The fourth-order valence-electron chi connectivity index (χ4n) is 2.75. The lowest BCUT2D eigenvalue weighted by Gasteiger charge is -2.04. The summed E-state index contributed by atoms with van der Waals surface area (Å²) < 4.78 is 11.1. The third-order valence-electron chi connectivity index (χ3n) is 3.89.